The summed E-state index contributed by atoms with van der Waals surface area (Å²) in [4.78, 5) is 11.9. The monoisotopic (exact) mass is 1150 g/mol. The Balaban J connectivity index is 0.00000574. The molecule has 4 heterocycles. The van der Waals surface area contributed by atoms with E-state index in [1.54, 1.807) is 11.8 Å². The molecule has 0 spiro atoms. The van der Waals surface area contributed by atoms with Crippen LogP contribution in [0.3, 0.4) is 0 Å². The van der Waals surface area contributed by atoms with Gasteiger partial charge in [0.25, 0.3) is 0 Å². The summed E-state index contributed by atoms with van der Waals surface area (Å²) >= 11 is 1.68. The predicted molar refractivity (Wildman–Crippen MR) is 303 cm³/mol. The molecular formula is C66H57N4OPtS-3. The molecule has 1 aliphatic heterocycles. The van der Waals surface area contributed by atoms with Gasteiger partial charge in [0, 0.05) is 66.2 Å². The number of fused-ring (bicyclic) bond motifs is 7. The molecule has 0 bridgehead atoms. The maximum atomic E-state index is 6.35. The molecule has 5 nitrogen and oxygen atoms in total. The van der Waals surface area contributed by atoms with Crippen molar-refractivity contribution in [1.82, 2.24) is 9.55 Å². The maximum absolute atomic E-state index is 6.35. The molecule has 0 atom stereocenters. The minimum atomic E-state index is -0.150. The predicted octanol–water partition coefficient (Wildman–Crippen LogP) is 18.5. The normalized spacial score (nSPS) is 13.1. The second kappa shape index (κ2) is 18.3. The van der Waals surface area contributed by atoms with Crippen LogP contribution in [0.4, 0.5) is 22.7 Å². The Labute approximate surface area is 448 Å². The van der Waals surface area contributed by atoms with Crippen LogP contribution in [0.1, 0.15) is 79.0 Å². The number of aromatic nitrogens is 2. The van der Waals surface area contributed by atoms with Crippen LogP contribution in [0, 0.1) is 18.8 Å². The third-order valence-corrected chi connectivity index (χ3v) is 15.1. The first-order valence-electron chi connectivity index (χ1n) is 24.9. The van der Waals surface area contributed by atoms with Crippen LogP contribution in [0.25, 0.3) is 71.8 Å². The molecule has 0 N–H and O–H groups in total. The summed E-state index contributed by atoms with van der Waals surface area (Å²) in [5.74, 6) is 0.859. The summed E-state index contributed by atoms with van der Waals surface area (Å²) in [5.41, 5.74) is 16.5. The smallest absolute Gasteiger partial charge is 0.136 e. The Morgan fingerprint density at radius 3 is 1.93 bits per heavy atom. The Kier molecular flexibility index (Phi) is 12.1. The zero-order valence-electron chi connectivity index (χ0n) is 42.7. The SMILES string of the molecule is CC(C)(C)c1cc(N2[CH-]N(c3[c-]c(Sc4[c-]c5c(cc4)c4cc(-c6cccc7oc8ccccc8c67)ccc4n5-c4cc(C(C)(C)C)c(-c5ccccc5)cn4)ccc3)c3ccccc32)cc(C(C)(C)C)c1.[Pt]. The first kappa shape index (κ1) is 48.4. The molecule has 366 valence electrons. The van der Waals surface area contributed by atoms with Gasteiger partial charge in [-0.1, -0.05) is 159 Å². The summed E-state index contributed by atoms with van der Waals surface area (Å²) in [6, 6.07) is 68.8. The van der Waals surface area contributed by atoms with Gasteiger partial charge in [-0.25, -0.2) is 4.98 Å². The average molecular weight is 1150 g/mol. The van der Waals surface area contributed by atoms with Crippen molar-refractivity contribution in [3.8, 4) is 28.1 Å². The van der Waals surface area contributed by atoms with Crippen molar-refractivity contribution in [1.29, 1.82) is 0 Å². The molecule has 11 aromatic rings. The van der Waals surface area contributed by atoms with Gasteiger partial charge >= 0.3 is 0 Å². The van der Waals surface area contributed by atoms with E-state index >= 15 is 0 Å². The van der Waals surface area contributed by atoms with Crippen molar-refractivity contribution < 1.29 is 25.5 Å². The van der Waals surface area contributed by atoms with E-state index < -0.39 is 0 Å². The van der Waals surface area contributed by atoms with Crippen LogP contribution in [-0.4, -0.2) is 9.55 Å². The summed E-state index contributed by atoms with van der Waals surface area (Å²) in [6.07, 6.45) is 2.06. The molecule has 0 saturated carbocycles. The Hall–Kier alpha value is -6.85. The van der Waals surface area contributed by atoms with Gasteiger partial charge in [0.2, 0.25) is 0 Å². The average Bonchev–Trinajstić information content (AvgIpc) is 4.05. The molecule has 7 heteroatoms. The van der Waals surface area contributed by atoms with Crippen LogP contribution < -0.4 is 9.80 Å². The Bertz CT molecular complexity index is 3870. The number of hydrogen-bond acceptors (Lipinski definition) is 5. The van der Waals surface area contributed by atoms with Crippen LogP contribution in [0.2, 0.25) is 0 Å². The summed E-state index contributed by atoms with van der Waals surface area (Å²) in [5, 5.41) is 4.48. The van der Waals surface area contributed by atoms with E-state index in [-0.39, 0.29) is 37.3 Å². The van der Waals surface area contributed by atoms with Crippen molar-refractivity contribution in [2.45, 2.75) is 88.3 Å². The van der Waals surface area contributed by atoms with E-state index in [0.717, 1.165) is 104 Å². The Morgan fingerprint density at radius 1 is 0.521 bits per heavy atom. The van der Waals surface area contributed by atoms with Crippen molar-refractivity contribution in [2.24, 2.45) is 0 Å². The largest absolute Gasteiger partial charge is 0.493 e. The van der Waals surface area contributed by atoms with E-state index in [0.29, 0.717) is 0 Å². The fraction of sp³-hybridized carbons (Fsp3) is 0.182. The third-order valence-electron chi connectivity index (χ3n) is 14.2. The molecule has 8 aromatic carbocycles. The molecule has 12 rings (SSSR count). The number of hydrogen-bond donors (Lipinski definition) is 0. The van der Waals surface area contributed by atoms with E-state index in [4.69, 9.17) is 9.40 Å². The molecule has 1 aliphatic rings. The van der Waals surface area contributed by atoms with Crippen LogP contribution in [-0.2, 0) is 37.3 Å². The van der Waals surface area contributed by atoms with Crippen LogP contribution in [0.5, 0.6) is 0 Å². The molecule has 0 fully saturated rings. The number of nitrogens with zero attached hydrogens (tertiary/aromatic N) is 4. The fourth-order valence-electron chi connectivity index (χ4n) is 10.3. The van der Waals surface area contributed by atoms with Gasteiger partial charge in [0.05, 0.1) is 0 Å². The molecule has 0 unspecified atom stereocenters. The van der Waals surface area contributed by atoms with Crippen molar-refractivity contribution >= 4 is 78.3 Å². The summed E-state index contributed by atoms with van der Waals surface area (Å²) < 4.78 is 8.66. The van der Waals surface area contributed by atoms with Gasteiger partial charge in [-0.3, -0.25) is 0 Å². The van der Waals surface area contributed by atoms with Crippen molar-refractivity contribution in [2.75, 3.05) is 9.80 Å². The zero-order valence-corrected chi connectivity index (χ0v) is 45.8. The molecule has 3 aromatic heterocycles. The van der Waals surface area contributed by atoms with E-state index in [1.165, 1.54) is 16.7 Å². The fourth-order valence-corrected chi connectivity index (χ4v) is 11.1. The van der Waals surface area contributed by atoms with Gasteiger partial charge < -0.3 is 18.8 Å². The van der Waals surface area contributed by atoms with Gasteiger partial charge in [0.1, 0.15) is 17.0 Å². The quantitative estimate of drug-likeness (QED) is 0.149. The summed E-state index contributed by atoms with van der Waals surface area (Å²) in [7, 11) is 0. The van der Waals surface area contributed by atoms with Crippen molar-refractivity contribution in [3.05, 3.63) is 212 Å². The number of furan rings is 1. The number of benzene rings is 8. The minimum absolute atomic E-state index is 0. The van der Waals surface area contributed by atoms with E-state index in [2.05, 4.69) is 259 Å². The minimum Gasteiger partial charge on any atom is -0.493 e. The first-order valence-corrected chi connectivity index (χ1v) is 25.7. The Morgan fingerprint density at radius 2 is 1.19 bits per heavy atom. The van der Waals surface area contributed by atoms with Crippen LogP contribution >= 0.6 is 11.8 Å². The maximum Gasteiger partial charge on any atom is 0.136 e. The van der Waals surface area contributed by atoms with Gasteiger partial charge in [-0.05, 0) is 104 Å². The van der Waals surface area contributed by atoms with Crippen LogP contribution in [0.15, 0.2) is 190 Å². The molecule has 0 aliphatic carbocycles. The number of anilines is 4. The number of pyridine rings is 1. The van der Waals surface area contributed by atoms with Gasteiger partial charge in [-0.15, -0.1) is 57.5 Å². The third kappa shape index (κ3) is 8.77. The number of rotatable bonds is 7. The van der Waals surface area contributed by atoms with Crippen molar-refractivity contribution in [3.63, 3.8) is 0 Å². The van der Waals surface area contributed by atoms with E-state index in [1.807, 2.05) is 12.1 Å². The molecule has 0 amide bonds. The standard InChI is InChI=1S/C66H57N4OS.Pt/c1-64(2,3)44-34-45(65(4,5)6)36-47(35-44)69-41-68(57-25-14-15-26-58(57)69)46-21-17-22-48(37-46)72-49-30-31-51-53-33-43(50-24-18-28-61-63(50)52-23-13-16-27-60(52)71-61)29-32-56(53)70(59(51)38-49)62-39-55(66(7,8)9)54(40-67-62)42-19-11-10-12-20-42;/h10-36,39-41H,1-9H3;/q-3;. The second-order valence-electron chi connectivity index (χ2n) is 22.2. The molecule has 0 saturated heterocycles. The van der Waals surface area contributed by atoms with Gasteiger partial charge in [0.15, 0.2) is 0 Å². The second-order valence-corrected chi connectivity index (χ2v) is 23.3. The first-order chi connectivity index (χ1) is 34.6. The number of para-hydroxylation sites is 3. The molecule has 73 heavy (non-hydrogen) atoms. The molecular weight excluding hydrogens is 1090 g/mol. The van der Waals surface area contributed by atoms with E-state index in [9.17, 15) is 0 Å². The van der Waals surface area contributed by atoms with Gasteiger partial charge in [-0.2, -0.15) is 24.3 Å². The zero-order chi connectivity index (χ0) is 49.7. The molecule has 0 radical (unpaired) electrons. The topological polar surface area (TPSA) is 37.4 Å². The summed E-state index contributed by atoms with van der Waals surface area (Å²) in [6.45, 7) is 22.8.